The van der Waals surface area contributed by atoms with Gasteiger partial charge >= 0.3 is 0 Å². The Hall–Kier alpha value is -2.51. The van der Waals surface area contributed by atoms with Gasteiger partial charge in [-0.25, -0.2) is 4.98 Å². The number of benzene rings is 1. The molecule has 138 valence electrons. The van der Waals surface area contributed by atoms with E-state index in [0.717, 1.165) is 12.0 Å². The van der Waals surface area contributed by atoms with Crippen molar-refractivity contribution in [3.05, 3.63) is 64.7 Å². The van der Waals surface area contributed by atoms with Crippen LogP contribution in [0.25, 0.3) is 6.08 Å². The quantitative estimate of drug-likeness (QED) is 0.592. The summed E-state index contributed by atoms with van der Waals surface area (Å²) in [5.74, 6) is 0.125. The maximum absolute atomic E-state index is 12.6. The molecule has 1 aromatic carbocycles. The van der Waals surface area contributed by atoms with Gasteiger partial charge in [0.2, 0.25) is 5.91 Å². The van der Waals surface area contributed by atoms with E-state index in [4.69, 9.17) is 12.2 Å². The van der Waals surface area contributed by atoms with Crippen LogP contribution in [0.15, 0.2) is 53.6 Å². The van der Waals surface area contributed by atoms with E-state index in [2.05, 4.69) is 29.4 Å². The van der Waals surface area contributed by atoms with Crippen molar-refractivity contribution in [3.8, 4) is 0 Å². The molecule has 1 aliphatic rings. The van der Waals surface area contributed by atoms with E-state index in [1.165, 1.54) is 22.2 Å². The molecule has 1 aromatic heterocycles. The van der Waals surface area contributed by atoms with Gasteiger partial charge in [0, 0.05) is 19.2 Å². The second kappa shape index (κ2) is 8.92. The van der Waals surface area contributed by atoms with E-state index in [0.29, 0.717) is 15.0 Å². The van der Waals surface area contributed by atoms with E-state index >= 15 is 0 Å². The largest absolute Gasteiger partial charge is 0.311 e. The first kappa shape index (κ1) is 19.3. The van der Waals surface area contributed by atoms with Crippen molar-refractivity contribution in [1.82, 2.24) is 9.88 Å². The monoisotopic (exact) mass is 397 g/mol. The molecule has 27 heavy (non-hydrogen) atoms. The fourth-order valence-corrected chi connectivity index (χ4v) is 3.86. The van der Waals surface area contributed by atoms with Gasteiger partial charge in [-0.2, -0.15) is 0 Å². The lowest BCUT2D eigenvalue weighted by Crippen LogP contribution is -2.31. The van der Waals surface area contributed by atoms with Crippen LogP contribution in [0.3, 0.4) is 0 Å². The molecule has 1 fully saturated rings. The van der Waals surface area contributed by atoms with E-state index in [-0.39, 0.29) is 24.8 Å². The highest BCUT2D eigenvalue weighted by Crippen LogP contribution is 2.32. The van der Waals surface area contributed by atoms with Gasteiger partial charge in [0.25, 0.3) is 5.91 Å². The zero-order valence-corrected chi connectivity index (χ0v) is 16.5. The summed E-state index contributed by atoms with van der Waals surface area (Å²) in [7, 11) is 0. The molecule has 1 saturated heterocycles. The zero-order valence-electron chi connectivity index (χ0n) is 14.8. The number of nitrogens with zero attached hydrogens (tertiary/aromatic N) is 2. The number of carbonyl (C=O) groups excluding carboxylic acids is 2. The molecule has 0 radical (unpaired) electrons. The number of anilines is 1. The van der Waals surface area contributed by atoms with Crippen molar-refractivity contribution in [2.24, 2.45) is 0 Å². The number of hydrogen-bond acceptors (Lipinski definition) is 5. The van der Waals surface area contributed by atoms with E-state index in [9.17, 15) is 9.59 Å². The Balaban J connectivity index is 1.60. The molecule has 2 amide bonds. The van der Waals surface area contributed by atoms with E-state index in [1.807, 2.05) is 18.2 Å². The van der Waals surface area contributed by atoms with Crippen LogP contribution in [-0.4, -0.2) is 32.6 Å². The SMILES string of the molecule is CCc1ccc(/C=C2\SC(=S)N(CCC(=O)Nc3ccccn3)C2=O)cc1. The third-order valence-corrected chi connectivity index (χ3v) is 5.43. The van der Waals surface area contributed by atoms with Crippen LogP contribution < -0.4 is 5.32 Å². The van der Waals surface area contributed by atoms with Gasteiger partial charge < -0.3 is 5.32 Å². The first-order chi connectivity index (χ1) is 13.1. The number of nitrogens with one attached hydrogen (secondary N) is 1. The van der Waals surface area contributed by atoms with Gasteiger partial charge in [-0.05, 0) is 35.8 Å². The Morgan fingerprint density at radius 3 is 2.70 bits per heavy atom. The van der Waals surface area contributed by atoms with Gasteiger partial charge in [0.15, 0.2) is 0 Å². The summed E-state index contributed by atoms with van der Waals surface area (Å²) < 4.78 is 0.474. The van der Waals surface area contributed by atoms with Crippen LogP contribution in [0, 0.1) is 0 Å². The lowest BCUT2D eigenvalue weighted by Gasteiger charge is -2.13. The van der Waals surface area contributed by atoms with Crippen LogP contribution in [0.1, 0.15) is 24.5 Å². The number of hydrogen-bond donors (Lipinski definition) is 1. The molecular weight excluding hydrogens is 378 g/mol. The topological polar surface area (TPSA) is 62.3 Å². The summed E-state index contributed by atoms with van der Waals surface area (Å²) in [6.45, 7) is 2.35. The predicted octanol–water partition coefficient (Wildman–Crippen LogP) is 3.87. The molecule has 3 rings (SSSR count). The van der Waals surface area contributed by atoms with Gasteiger partial charge in [-0.1, -0.05) is 61.2 Å². The summed E-state index contributed by atoms with van der Waals surface area (Å²) in [6.07, 6.45) is 4.58. The van der Waals surface area contributed by atoms with Gasteiger partial charge in [0.05, 0.1) is 4.91 Å². The molecular formula is C20H19N3O2S2. The molecule has 7 heteroatoms. The van der Waals surface area contributed by atoms with Crippen molar-refractivity contribution in [3.63, 3.8) is 0 Å². The lowest BCUT2D eigenvalue weighted by molar-refractivity contribution is -0.122. The highest BCUT2D eigenvalue weighted by Gasteiger charge is 2.32. The second-order valence-electron chi connectivity index (χ2n) is 5.94. The normalized spacial score (nSPS) is 15.4. The lowest BCUT2D eigenvalue weighted by atomic mass is 10.1. The molecule has 0 atom stereocenters. The number of aryl methyl sites for hydroxylation is 1. The van der Waals surface area contributed by atoms with Crippen molar-refractivity contribution in [1.29, 1.82) is 0 Å². The molecule has 0 unspecified atom stereocenters. The number of thiocarbonyl (C=S) groups is 1. The molecule has 0 bridgehead atoms. The Bertz CT molecular complexity index is 880. The number of rotatable bonds is 6. The van der Waals surface area contributed by atoms with Crippen LogP contribution >= 0.6 is 24.0 Å². The fraction of sp³-hybridized carbons (Fsp3) is 0.200. The highest BCUT2D eigenvalue weighted by molar-refractivity contribution is 8.26. The third kappa shape index (κ3) is 5.02. The molecule has 0 saturated carbocycles. The number of thioether (sulfide) groups is 1. The Morgan fingerprint density at radius 1 is 1.26 bits per heavy atom. The summed E-state index contributed by atoms with van der Waals surface area (Å²) >= 11 is 6.58. The minimum Gasteiger partial charge on any atom is -0.311 e. The minimum absolute atomic E-state index is 0.154. The number of pyridine rings is 1. The Labute approximate surface area is 167 Å². The average Bonchev–Trinajstić information content (AvgIpc) is 2.94. The molecule has 2 aromatic rings. The molecule has 2 heterocycles. The molecule has 1 N–H and O–H groups in total. The zero-order chi connectivity index (χ0) is 19.2. The van der Waals surface area contributed by atoms with Crippen molar-refractivity contribution >= 4 is 52.0 Å². The maximum Gasteiger partial charge on any atom is 0.266 e. The summed E-state index contributed by atoms with van der Waals surface area (Å²) in [6, 6.07) is 13.4. The molecule has 0 aliphatic carbocycles. The summed E-state index contributed by atoms with van der Waals surface area (Å²) in [5, 5.41) is 2.70. The first-order valence-corrected chi connectivity index (χ1v) is 9.84. The first-order valence-electron chi connectivity index (χ1n) is 8.62. The minimum atomic E-state index is -0.207. The predicted molar refractivity (Wildman–Crippen MR) is 113 cm³/mol. The van der Waals surface area contributed by atoms with Crippen molar-refractivity contribution in [2.75, 3.05) is 11.9 Å². The maximum atomic E-state index is 12.6. The smallest absolute Gasteiger partial charge is 0.266 e. The average molecular weight is 398 g/mol. The van der Waals surface area contributed by atoms with E-state index in [1.54, 1.807) is 24.4 Å². The van der Waals surface area contributed by atoms with Gasteiger partial charge in [0.1, 0.15) is 10.1 Å². The van der Waals surface area contributed by atoms with Crippen LogP contribution in [-0.2, 0) is 16.0 Å². The van der Waals surface area contributed by atoms with E-state index < -0.39 is 0 Å². The highest BCUT2D eigenvalue weighted by atomic mass is 32.2. The van der Waals surface area contributed by atoms with Crippen LogP contribution in [0.2, 0.25) is 0 Å². The van der Waals surface area contributed by atoms with Gasteiger partial charge in [-0.15, -0.1) is 0 Å². The number of carbonyl (C=O) groups is 2. The summed E-state index contributed by atoms with van der Waals surface area (Å²) in [4.78, 5) is 30.8. The van der Waals surface area contributed by atoms with Crippen LogP contribution in [0.4, 0.5) is 5.82 Å². The molecule has 1 aliphatic heterocycles. The Morgan fingerprint density at radius 2 is 2.04 bits per heavy atom. The second-order valence-corrected chi connectivity index (χ2v) is 7.62. The standard InChI is InChI=1S/C20H19N3O2S2/c1-2-14-6-8-15(9-7-14)13-16-19(25)23(20(26)27-16)12-10-18(24)22-17-5-3-4-11-21-17/h3-9,11,13H,2,10,12H2,1H3,(H,21,22,24)/b16-13-. The Kier molecular flexibility index (Phi) is 6.36. The van der Waals surface area contributed by atoms with Gasteiger partial charge in [-0.3, -0.25) is 14.5 Å². The van der Waals surface area contributed by atoms with Crippen LogP contribution in [0.5, 0.6) is 0 Å². The fourth-order valence-electron chi connectivity index (χ4n) is 2.55. The summed E-state index contributed by atoms with van der Waals surface area (Å²) in [5.41, 5.74) is 2.21. The molecule has 0 spiro atoms. The third-order valence-electron chi connectivity index (χ3n) is 4.05. The van der Waals surface area contributed by atoms with Crippen molar-refractivity contribution in [2.45, 2.75) is 19.8 Å². The number of amides is 2. The molecule has 5 nitrogen and oxygen atoms in total. The van der Waals surface area contributed by atoms with Crippen molar-refractivity contribution < 1.29 is 9.59 Å². The number of aromatic nitrogens is 1.